The van der Waals surface area contributed by atoms with Crippen molar-refractivity contribution in [3.63, 3.8) is 0 Å². The van der Waals surface area contributed by atoms with Crippen molar-refractivity contribution >= 4 is 11.8 Å². The van der Waals surface area contributed by atoms with Gasteiger partial charge in [-0.1, -0.05) is 11.8 Å². The Balaban J connectivity index is 1.63. The van der Waals surface area contributed by atoms with Gasteiger partial charge in [0.15, 0.2) is 0 Å². The molecule has 1 aromatic rings. The molecule has 3 rings (SSSR count). The summed E-state index contributed by atoms with van der Waals surface area (Å²) in [6, 6.07) is 1.27. The molecule has 0 aromatic carbocycles. The van der Waals surface area contributed by atoms with E-state index >= 15 is 0 Å². The maximum atomic E-state index is 4.14. The van der Waals surface area contributed by atoms with Crippen molar-refractivity contribution in [2.75, 3.05) is 7.05 Å². The van der Waals surface area contributed by atoms with Gasteiger partial charge in [-0.15, -0.1) is 5.10 Å². The van der Waals surface area contributed by atoms with E-state index < -0.39 is 0 Å². The summed E-state index contributed by atoms with van der Waals surface area (Å²) in [5.74, 6) is 0. The van der Waals surface area contributed by atoms with Crippen molar-refractivity contribution in [2.24, 2.45) is 0 Å². The molecule has 2 fully saturated rings. The third-order valence-electron chi connectivity index (χ3n) is 3.42. The Morgan fingerprint density at radius 3 is 2.88 bits per heavy atom. The second-order valence-electron chi connectivity index (χ2n) is 4.68. The van der Waals surface area contributed by atoms with Crippen molar-refractivity contribution in [1.82, 2.24) is 25.5 Å². The molecule has 6 heteroatoms. The van der Waals surface area contributed by atoms with Crippen LogP contribution in [0.15, 0.2) is 5.16 Å². The molecule has 1 heterocycles. The number of aromatic nitrogens is 4. The third-order valence-corrected chi connectivity index (χ3v) is 4.66. The van der Waals surface area contributed by atoms with E-state index in [1.165, 1.54) is 32.1 Å². The van der Waals surface area contributed by atoms with Crippen molar-refractivity contribution < 1.29 is 0 Å². The molecule has 0 radical (unpaired) electrons. The van der Waals surface area contributed by atoms with E-state index in [1.807, 2.05) is 23.5 Å². The topological polar surface area (TPSA) is 55.6 Å². The quantitative estimate of drug-likeness (QED) is 0.856. The van der Waals surface area contributed by atoms with Crippen LogP contribution in [0.5, 0.6) is 0 Å². The van der Waals surface area contributed by atoms with Crippen LogP contribution in [0.1, 0.15) is 38.1 Å². The zero-order valence-electron chi connectivity index (χ0n) is 9.46. The maximum absolute atomic E-state index is 4.14. The van der Waals surface area contributed by atoms with Gasteiger partial charge in [-0.2, -0.15) is 0 Å². The highest BCUT2D eigenvalue weighted by Gasteiger charge is 2.31. The SMILES string of the molecule is CNC1CCC(Sc2nnnn2C2CC2)C1. The Morgan fingerprint density at radius 1 is 1.31 bits per heavy atom. The molecule has 0 spiro atoms. The predicted octanol–water partition coefficient (Wildman–Crippen LogP) is 1.24. The molecule has 2 saturated carbocycles. The molecule has 5 nitrogen and oxygen atoms in total. The normalized spacial score (nSPS) is 29.8. The number of rotatable bonds is 4. The number of nitrogens with zero attached hydrogens (tertiary/aromatic N) is 4. The van der Waals surface area contributed by atoms with E-state index in [-0.39, 0.29) is 0 Å². The second kappa shape index (κ2) is 4.33. The lowest BCUT2D eigenvalue weighted by Gasteiger charge is -2.09. The molecule has 0 amide bonds. The number of hydrogen-bond donors (Lipinski definition) is 1. The van der Waals surface area contributed by atoms with Crippen LogP contribution in [0.4, 0.5) is 0 Å². The van der Waals surface area contributed by atoms with Crippen molar-refractivity contribution in [1.29, 1.82) is 0 Å². The highest BCUT2D eigenvalue weighted by molar-refractivity contribution is 7.99. The monoisotopic (exact) mass is 239 g/mol. The molecular formula is C10H17N5S. The fraction of sp³-hybridized carbons (Fsp3) is 0.900. The van der Waals surface area contributed by atoms with E-state index in [1.54, 1.807) is 0 Å². The Bertz CT molecular complexity index is 362. The van der Waals surface area contributed by atoms with E-state index in [4.69, 9.17) is 0 Å². The first-order valence-corrected chi connectivity index (χ1v) is 6.86. The Kier molecular flexibility index (Phi) is 2.85. The lowest BCUT2D eigenvalue weighted by atomic mass is 10.3. The minimum absolute atomic E-state index is 0.582. The van der Waals surface area contributed by atoms with Crippen LogP contribution in [0, 0.1) is 0 Å². The lowest BCUT2D eigenvalue weighted by molar-refractivity contribution is 0.563. The van der Waals surface area contributed by atoms with Gasteiger partial charge in [0.05, 0.1) is 6.04 Å². The summed E-state index contributed by atoms with van der Waals surface area (Å²) in [6.45, 7) is 0. The van der Waals surface area contributed by atoms with Crippen molar-refractivity contribution in [3.8, 4) is 0 Å². The average molecular weight is 239 g/mol. The molecule has 0 saturated heterocycles. The van der Waals surface area contributed by atoms with Gasteiger partial charge in [-0.05, 0) is 49.6 Å². The van der Waals surface area contributed by atoms with Gasteiger partial charge in [-0.25, -0.2) is 4.68 Å². The van der Waals surface area contributed by atoms with Crippen molar-refractivity contribution in [3.05, 3.63) is 0 Å². The first-order valence-electron chi connectivity index (χ1n) is 5.98. The molecule has 1 aromatic heterocycles. The largest absolute Gasteiger partial charge is 0.317 e. The molecule has 2 aliphatic rings. The summed E-state index contributed by atoms with van der Waals surface area (Å²) >= 11 is 1.86. The van der Waals surface area contributed by atoms with Gasteiger partial charge in [0, 0.05) is 11.3 Å². The zero-order chi connectivity index (χ0) is 11.0. The molecule has 0 aliphatic heterocycles. The average Bonchev–Trinajstić information content (AvgIpc) is 2.88. The van der Waals surface area contributed by atoms with Crippen LogP contribution in [-0.4, -0.2) is 38.5 Å². The van der Waals surface area contributed by atoms with Gasteiger partial charge in [0.2, 0.25) is 5.16 Å². The van der Waals surface area contributed by atoms with Gasteiger partial charge < -0.3 is 5.32 Å². The summed E-state index contributed by atoms with van der Waals surface area (Å²) in [5.41, 5.74) is 0. The molecule has 2 atom stereocenters. The van der Waals surface area contributed by atoms with Crippen LogP contribution >= 0.6 is 11.8 Å². The second-order valence-corrected chi connectivity index (χ2v) is 5.94. The van der Waals surface area contributed by atoms with Gasteiger partial charge in [-0.3, -0.25) is 0 Å². The fourth-order valence-electron chi connectivity index (χ4n) is 2.27. The summed E-state index contributed by atoms with van der Waals surface area (Å²) in [7, 11) is 2.05. The molecule has 1 N–H and O–H groups in total. The van der Waals surface area contributed by atoms with Crippen LogP contribution in [0.25, 0.3) is 0 Å². The fourth-order valence-corrected chi connectivity index (χ4v) is 3.53. The van der Waals surface area contributed by atoms with E-state index in [0.717, 1.165) is 5.16 Å². The number of hydrogen-bond acceptors (Lipinski definition) is 5. The van der Waals surface area contributed by atoms with Crippen LogP contribution in [0.3, 0.4) is 0 Å². The first kappa shape index (κ1) is 10.5. The van der Waals surface area contributed by atoms with Crippen molar-refractivity contribution in [2.45, 2.75) is 54.6 Å². The first-order chi connectivity index (χ1) is 7.86. The number of thioether (sulfide) groups is 1. The number of nitrogens with one attached hydrogen (secondary N) is 1. The van der Waals surface area contributed by atoms with Crippen LogP contribution < -0.4 is 5.32 Å². The predicted molar refractivity (Wildman–Crippen MR) is 62.4 cm³/mol. The molecule has 2 unspecified atom stereocenters. The highest BCUT2D eigenvalue weighted by atomic mass is 32.2. The maximum Gasteiger partial charge on any atom is 0.209 e. The van der Waals surface area contributed by atoms with Crippen LogP contribution in [-0.2, 0) is 0 Å². The molecular weight excluding hydrogens is 222 g/mol. The smallest absolute Gasteiger partial charge is 0.209 e. The Morgan fingerprint density at radius 2 is 2.19 bits per heavy atom. The summed E-state index contributed by atoms with van der Waals surface area (Å²) in [5, 5.41) is 17.1. The highest BCUT2D eigenvalue weighted by Crippen LogP contribution is 2.39. The molecule has 2 aliphatic carbocycles. The van der Waals surface area contributed by atoms with E-state index in [2.05, 4.69) is 20.8 Å². The van der Waals surface area contributed by atoms with E-state index in [9.17, 15) is 0 Å². The van der Waals surface area contributed by atoms with Gasteiger partial charge >= 0.3 is 0 Å². The molecule has 16 heavy (non-hydrogen) atoms. The standard InChI is InChI=1S/C10H17N5S/c1-11-7-2-5-9(6-7)16-10-12-13-14-15(10)8-3-4-8/h7-9,11H,2-6H2,1H3. The van der Waals surface area contributed by atoms with E-state index in [0.29, 0.717) is 17.3 Å². The number of tetrazole rings is 1. The Hall–Kier alpha value is -0.620. The summed E-state index contributed by atoms with van der Waals surface area (Å²) in [4.78, 5) is 0. The molecule has 88 valence electrons. The summed E-state index contributed by atoms with van der Waals surface area (Å²) < 4.78 is 2.01. The zero-order valence-corrected chi connectivity index (χ0v) is 10.3. The van der Waals surface area contributed by atoms with Gasteiger partial charge in [0.25, 0.3) is 0 Å². The minimum Gasteiger partial charge on any atom is -0.317 e. The third kappa shape index (κ3) is 2.08. The molecule has 0 bridgehead atoms. The van der Waals surface area contributed by atoms with Crippen LogP contribution in [0.2, 0.25) is 0 Å². The Labute approximate surface area is 99.4 Å². The lowest BCUT2D eigenvalue weighted by Crippen LogP contribution is -2.21. The van der Waals surface area contributed by atoms with Gasteiger partial charge in [0.1, 0.15) is 0 Å². The summed E-state index contributed by atoms with van der Waals surface area (Å²) in [6.07, 6.45) is 6.26. The minimum atomic E-state index is 0.582.